The summed E-state index contributed by atoms with van der Waals surface area (Å²) in [6.45, 7) is 1.47. The fourth-order valence-corrected chi connectivity index (χ4v) is 3.40. The largest absolute Gasteiger partial charge is 0.423 e. The smallest absolute Gasteiger partial charge is 0.334 e. The number of halogens is 2. The molecule has 2 aliphatic rings. The minimum atomic E-state index is -1.02. The molecule has 0 saturated carbocycles. The number of allylic oxidation sites excluding steroid dienone is 2. The van der Waals surface area contributed by atoms with Crippen LogP contribution in [0.15, 0.2) is 30.4 Å². The fourth-order valence-electron chi connectivity index (χ4n) is 3.07. The van der Waals surface area contributed by atoms with Gasteiger partial charge in [0, 0.05) is 0 Å². The molecular formula is C17H15Cl2NO4. The van der Waals surface area contributed by atoms with E-state index < -0.39 is 12.0 Å². The quantitative estimate of drug-likeness (QED) is 0.356. The summed E-state index contributed by atoms with van der Waals surface area (Å²) in [5.41, 5.74) is 0. The summed E-state index contributed by atoms with van der Waals surface area (Å²) in [4.78, 5) is 38.4. The maximum atomic E-state index is 12.5. The zero-order valence-corrected chi connectivity index (χ0v) is 14.4. The van der Waals surface area contributed by atoms with Gasteiger partial charge in [0.05, 0.1) is 16.9 Å². The molecule has 0 radical (unpaired) electrons. The molecule has 0 spiro atoms. The number of rotatable bonds is 3. The topological polar surface area (TPSA) is 63.7 Å². The predicted octanol–water partition coefficient (Wildman–Crippen LogP) is 3.24. The van der Waals surface area contributed by atoms with E-state index >= 15 is 0 Å². The molecule has 1 heterocycles. The Balaban J connectivity index is 1.77. The molecule has 1 aliphatic heterocycles. The van der Waals surface area contributed by atoms with Gasteiger partial charge in [0.25, 0.3) is 0 Å². The summed E-state index contributed by atoms with van der Waals surface area (Å²) in [7, 11) is 0. The number of imide groups is 1. The Morgan fingerprint density at radius 1 is 1.17 bits per heavy atom. The third kappa shape index (κ3) is 2.82. The maximum absolute atomic E-state index is 12.5. The second-order valence-corrected chi connectivity index (χ2v) is 6.64. The number of hydrogen-bond acceptors (Lipinski definition) is 4. The molecule has 1 aliphatic carbocycles. The van der Waals surface area contributed by atoms with Gasteiger partial charge in [0.2, 0.25) is 11.8 Å². The molecule has 1 aromatic rings. The van der Waals surface area contributed by atoms with Gasteiger partial charge in [-0.1, -0.05) is 41.4 Å². The molecule has 24 heavy (non-hydrogen) atoms. The molecule has 1 fully saturated rings. The van der Waals surface area contributed by atoms with Gasteiger partial charge in [-0.15, -0.1) is 0 Å². The van der Waals surface area contributed by atoms with Gasteiger partial charge in [-0.2, -0.15) is 0 Å². The van der Waals surface area contributed by atoms with Crippen LogP contribution in [0, 0.1) is 11.8 Å². The van der Waals surface area contributed by atoms with Crippen molar-refractivity contribution in [3.63, 3.8) is 0 Å². The van der Waals surface area contributed by atoms with E-state index in [4.69, 9.17) is 27.9 Å². The Bertz CT molecular complexity index is 720. The van der Waals surface area contributed by atoms with E-state index in [1.165, 1.54) is 13.0 Å². The number of hydrogen-bond donors (Lipinski definition) is 0. The molecule has 0 aromatic heterocycles. The molecule has 0 unspecified atom stereocenters. The van der Waals surface area contributed by atoms with Crippen LogP contribution >= 0.6 is 23.2 Å². The third-order valence-electron chi connectivity index (χ3n) is 4.40. The number of benzene rings is 1. The van der Waals surface area contributed by atoms with Crippen molar-refractivity contribution in [1.29, 1.82) is 0 Å². The van der Waals surface area contributed by atoms with E-state index in [1.54, 1.807) is 12.1 Å². The third-order valence-corrected chi connectivity index (χ3v) is 5.20. The molecule has 1 saturated heterocycles. The zero-order chi connectivity index (χ0) is 17.4. The average molecular weight is 368 g/mol. The number of carbonyl (C=O) groups is 3. The molecule has 2 amide bonds. The van der Waals surface area contributed by atoms with Gasteiger partial charge in [0.1, 0.15) is 11.1 Å². The minimum absolute atomic E-state index is 0.0965. The van der Waals surface area contributed by atoms with Crippen LogP contribution in [0.1, 0.15) is 19.8 Å². The van der Waals surface area contributed by atoms with Crippen LogP contribution in [0.4, 0.5) is 0 Å². The standard InChI is InChI=1S/C17H15Cl2NO4/c1-9(17(23)24-13-8-4-7-12(18)14(13)19)20-15(21)10-5-2-3-6-11(10)16(20)22/h2-4,7-11H,5-6H2,1H3/t9-,10-,11+/m0/s1. The van der Waals surface area contributed by atoms with Crippen molar-refractivity contribution in [2.45, 2.75) is 25.8 Å². The van der Waals surface area contributed by atoms with E-state index in [2.05, 4.69) is 0 Å². The Labute approximate surface area is 149 Å². The number of ether oxygens (including phenoxy) is 1. The van der Waals surface area contributed by atoms with Crippen LogP contribution in [0.5, 0.6) is 5.75 Å². The highest BCUT2D eigenvalue weighted by Gasteiger charge is 2.50. The normalized spacial score (nSPS) is 24.0. The van der Waals surface area contributed by atoms with Crippen molar-refractivity contribution < 1.29 is 19.1 Å². The van der Waals surface area contributed by atoms with Crippen LogP contribution in [0.3, 0.4) is 0 Å². The van der Waals surface area contributed by atoms with Crippen molar-refractivity contribution in [2.75, 3.05) is 0 Å². The molecule has 3 rings (SSSR count). The molecular weight excluding hydrogens is 353 g/mol. The Morgan fingerprint density at radius 2 is 1.75 bits per heavy atom. The monoisotopic (exact) mass is 367 g/mol. The van der Waals surface area contributed by atoms with Crippen molar-refractivity contribution >= 4 is 41.0 Å². The second-order valence-electron chi connectivity index (χ2n) is 5.85. The highest BCUT2D eigenvalue weighted by Crippen LogP contribution is 2.37. The van der Waals surface area contributed by atoms with Gasteiger partial charge >= 0.3 is 5.97 Å². The van der Waals surface area contributed by atoms with Crippen molar-refractivity contribution in [1.82, 2.24) is 4.90 Å². The predicted molar refractivity (Wildman–Crippen MR) is 88.8 cm³/mol. The van der Waals surface area contributed by atoms with Crippen LogP contribution in [0.2, 0.25) is 10.0 Å². The summed E-state index contributed by atoms with van der Waals surface area (Å²) in [5, 5.41) is 0.358. The van der Waals surface area contributed by atoms with Crippen molar-refractivity contribution in [3.05, 3.63) is 40.4 Å². The highest BCUT2D eigenvalue weighted by atomic mass is 35.5. The van der Waals surface area contributed by atoms with Crippen LogP contribution in [0.25, 0.3) is 0 Å². The lowest BCUT2D eigenvalue weighted by atomic mass is 9.85. The lowest BCUT2D eigenvalue weighted by molar-refractivity contribution is -0.152. The van der Waals surface area contributed by atoms with E-state index in [0.29, 0.717) is 12.8 Å². The van der Waals surface area contributed by atoms with Gasteiger partial charge in [-0.25, -0.2) is 4.79 Å². The van der Waals surface area contributed by atoms with Crippen molar-refractivity contribution in [2.24, 2.45) is 11.8 Å². The van der Waals surface area contributed by atoms with E-state index in [9.17, 15) is 14.4 Å². The van der Waals surface area contributed by atoms with E-state index in [1.807, 2.05) is 12.2 Å². The second kappa shape index (κ2) is 6.57. The first-order valence-corrected chi connectivity index (χ1v) is 8.35. The Morgan fingerprint density at radius 3 is 2.33 bits per heavy atom. The number of nitrogens with zero attached hydrogens (tertiary/aromatic N) is 1. The molecule has 0 N–H and O–H groups in total. The number of fused-ring (bicyclic) bond motifs is 1. The first-order valence-electron chi connectivity index (χ1n) is 7.59. The van der Waals surface area contributed by atoms with Crippen molar-refractivity contribution in [3.8, 4) is 5.75 Å². The summed E-state index contributed by atoms with van der Waals surface area (Å²) in [5.74, 6) is -2.04. The van der Waals surface area contributed by atoms with E-state index in [-0.39, 0.29) is 39.4 Å². The summed E-state index contributed by atoms with van der Waals surface area (Å²) < 4.78 is 5.23. The summed E-state index contributed by atoms with van der Waals surface area (Å²) in [6.07, 6.45) is 4.83. The first kappa shape index (κ1) is 17.0. The van der Waals surface area contributed by atoms with Gasteiger partial charge < -0.3 is 4.74 Å². The highest BCUT2D eigenvalue weighted by molar-refractivity contribution is 6.43. The van der Waals surface area contributed by atoms with Gasteiger partial charge in [0.15, 0.2) is 5.75 Å². The SMILES string of the molecule is C[C@@H](C(=O)Oc1cccc(Cl)c1Cl)N1C(=O)[C@H]2CC=CC[C@H]2C1=O. The van der Waals surface area contributed by atoms with E-state index in [0.717, 1.165) is 4.90 Å². The lowest BCUT2D eigenvalue weighted by Crippen LogP contribution is -2.45. The Kier molecular flexibility index (Phi) is 4.65. The van der Waals surface area contributed by atoms with Gasteiger partial charge in [-0.3, -0.25) is 14.5 Å². The summed E-state index contributed by atoms with van der Waals surface area (Å²) in [6, 6.07) is 3.63. The van der Waals surface area contributed by atoms with Crippen LogP contribution in [-0.4, -0.2) is 28.7 Å². The van der Waals surface area contributed by atoms with Gasteiger partial charge in [-0.05, 0) is 31.9 Å². The minimum Gasteiger partial charge on any atom is -0.423 e. The lowest BCUT2D eigenvalue weighted by Gasteiger charge is -2.21. The molecule has 0 bridgehead atoms. The Hall–Kier alpha value is -1.85. The molecule has 126 valence electrons. The number of esters is 1. The first-order chi connectivity index (χ1) is 11.4. The van der Waals surface area contributed by atoms with Crippen LogP contribution in [-0.2, 0) is 14.4 Å². The fraction of sp³-hybridized carbons (Fsp3) is 0.353. The average Bonchev–Trinajstić information content (AvgIpc) is 2.83. The molecule has 3 atom stereocenters. The number of likely N-dealkylation sites (tertiary alicyclic amines) is 1. The molecule has 7 heteroatoms. The van der Waals surface area contributed by atoms with Crippen LogP contribution < -0.4 is 4.74 Å². The molecule has 5 nitrogen and oxygen atoms in total. The zero-order valence-electron chi connectivity index (χ0n) is 12.9. The number of amides is 2. The summed E-state index contributed by atoms with van der Waals surface area (Å²) >= 11 is 11.9. The number of carbonyl (C=O) groups excluding carboxylic acids is 3. The molecule has 1 aromatic carbocycles. The maximum Gasteiger partial charge on any atom is 0.334 e.